The minimum atomic E-state index is -0.424. The zero-order chi connectivity index (χ0) is 18.8. The van der Waals surface area contributed by atoms with Crippen molar-refractivity contribution >= 4 is 40.6 Å². The van der Waals surface area contributed by atoms with Crippen LogP contribution in [0.3, 0.4) is 0 Å². The Labute approximate surface area is 165 Å². The van der Waals surface area contributed by atoms with Gasteiger partial charge in [0.05, 0.1) is 17.4 Å². The van der Waals surface area contributed by atoms with Gasteiger partial charge in [-0.3, -0.25) is 14.7 Å². The number of anilines is 2. The fourth-order valence-corrected chi connectivity index (χ4v) is 4.43. The number of hydrogen-bond acceptors (Lipinski definition) is 4. The van der Waals surface area contributed by atoms with Gasteiger partial charge >= 0.3 is 0 Å². The largest absolute Gasteiger partial charge is 0.356 e. The van der Waals surface area contributed by atoms with Gasteiger partial charge in [-0.05, 0) is 36.4 Å². The molecule has 0 spiro atoms. The predicted octanol–water partition coefficient (Wildman–Crippen LogP) is 5.16. The summed E-state index contributed by atoms with van der Waals surface area (Å²) in [7, 11) is 0. The molecule has 0 saturated carbocycles. The molecule has 1 unspecified atom stereocenters. The summed E-state index contributed by atoms with van der Waals surface area (Å²) >= 11 is 7.54. The average Bonchev–Trinajstić information content (AvgIpc) is 2.68. The fraction of sp³-hybridized carbons (Fsp3) is 0.100. The van der Waals surface area contributed by atoms with Crippen LogP contribution in [0, 0.1) is 5.82 Å². The topological polar surface area (TPSA) is 45.2 Å². The van der Waals surface area contributed by atoms with E-state index in [-0.39, 0.29) is 11.7 Å². The van der Waals surface area contributed by atoms with Gasteiger partial charge in [-0.2, -0.15) is 0 Å². The van der Waals surface area contributed by atoms with Crippen LogP contribution in [0.25, 0.3) is 0 Å². The van der Waals surface area contributed by atoms with E-state index in [0.717, 1.165) is 5.69 Å². The molecule has 0 fully saturated rings. The van der Waals surface area contributed by atoms with E-state index >= 15 is 0 Å². The standard InChI is InChI=1S/C20H15ClFN3OS/c21-16-7-3-8-17(22)15(16)12-27-20-24-18-9-2-1-6-14(18)19(26)25(20)13-5-4-10-23-11-13/h1-11,20,24H,12H2. The van der Waals surface area contributed by atoms with E-state index in [4.69, 9.17) is 11.6 Å². The molecule has 0 radical (unpaired) electrons. The van der Waals surface area contributed by atoms with E-state index in [9.17, 15) is 9.18 Å². The maximum atomic E-state index is 14.1. The Kier molecular flexibility index (Phi) is 5.01. The molecule has 1 aromatic heterocycles. The van der Waals surface area contributed by atoms with Gasteiger partial charge in [-0.15, -0.1) is 11.8 Å². The van der Waals surface area contributed by atoms with Crippen LogP contribution >= 0.6 is 23.4 Å². The number of aromatic nitrogens is 1. The lowest BCUT2D eigenvalue weighted by Crippen LogP contribution is -2.47. The molecule has 1 N–H and O–H groups in total. The molecule has 1 aliphatic rings. The number of hydrogen-bond donors (Lipinski definition) is 1. The first-order chi connectivity index (χ1) is 13.1. The average molecular weight is 400 g/mol. The van der Waals surface area contributed by atoms with Gasteiger partial charge in [0.2, 0.25) is 0 Å². The third-order valence-electron chi connectivity index (χ3n) is 4.26. The Bertz CT molecular complexity index is 966. The molecule has 2 heterocycles. The van der Waals surface area contributed by atoms with Crippen molar-refractivity contribution in [3.05, 3.63) is 89.0 Å². The van der Waals surface area contributed by atoms with Crippen molar-refractivity contribution in [2.45, 2.75) is 11.3 Å². The van der Waals surface area contributed by atoms with Gasteiger partial charge < -0.3 is 5.32 Å². The highest BCUT2D eigenvalue weighted by Gasteiger charge is 2.33. The zero-order valence-corrected chi connectivity index (χ0v) is 15.7. The van der Waals surface area contributed by atoms with E-state index < -0.39 is 5.50 Å². The van der Waals surface area contributed by atoms with Crippen LogP contribution in [0.2, 0.25) is 5.02 Å². The lowest BCUT2D eigenvalue weighted by atomic mass is 10.1. The summed E-state index contributed by atoms with van der Waals surface area (Å²) in [6, 6.07) is 15.6. The van der Waals surface area contributed by atoms with Crippen LogP contribution in [-0.4, -0.2) is 16.4 Å². The fourth-order valence-electron chi connectivity index (χ4n) is 2.93. The molecule has 4 nitrogen and oxygen atoms in total. The number of pyridine rings is 1. The number of fused-ring (bicyclic) bond motifs is 1. The lowest BCUT2D eigenvalue weighted by molar-refractivity contribution is 0.0983. The van der Waals surface area contributed by atoms with Crippen LogP contribution in [0.15, 0.2) is 67.0 Å². The zero-order valence-electron chi connectivity index (χ0n) is 14.1. The first-order valence-corrected chi connectivity index (χ1v) is 9.71. The Morgan fingerprint density at radius 1 is 1.15 bits per heavy atom. The molecule has 4 rings (SSSR count). The highest BCUT2D eigenvalue weighted by molar-refractivity contribution is 7.99. The van der Waals surface area contributed by atoms with Crippen molar-refractivity contribution in [1.29, 1.82) is 0 Å². The van der Waals surface area contributed by atoms with Crippen molar-refractivity contribution in [1.82, 2.24) is 4.98 Å². The van der Waals surface area contributed by atoms with Gasteiger partial charge in [-0.25, -0.2) is 4.39 Å². The second-order valence-electron chi connectivity index (χ2n) is 5.94. The molecule has 27 heavy (non-hydrogen) atoms. The van der Waals surface area contributed by atoms with Crippen molar-refractivity contribution in [3.8, 4) is 0 Å². The molecular formula is C20H15ClFN3OS. The second kappa shape index (κ2) is 7.58. The number of amides is 1. The summed E-state index contributed by atoms with van der Waals surface area (Å²) in [6.07, 6.45) is 3.29. The first-order valence-electron chi connectivity index (χ1n) is 8.29. The number of thioether (sulfide) groups is 1. The summed E-state index contributed by atoms with van der Waals surface area (Å²) in [5.74, 6) is -0.171. The second-order valence-corrected chi connectivity index (χ2v) is 7.42. The van der Waals surface area contributed by atoms with Gasteiger partial charge in [0.15, 0.2) is 5.50 Å². The Morgan fingerprint density at radius 2 is 2.00 bits per heavy atom. The maximum absolute atomic E-state index is 14.1. The number of carbonyl (C=O) groups is 1. The normalized spacial score (nSPS) is 16.0. The third kappa shape index (κ3) is 3.50. The molecule has 2 aromatic carbocycles. The minimum Gasteiger partial charge on any atom is -0.356 e. The number of para-hydroxylation sites is 1. The highest BCUT2D eigenvalue weighted by Crippen LogP contribution is 2.35. The molecule has 1 atom stereocenters. The Balaban J connectivity index is 1.67. The molecule has 1 amide bonds. The number of nitrogens with zero attached hydrogens (tertiary/aromatic N) is 2. The summed E-state index contributed by atoms with van der Waals surface area (Å²) in [4.78, 5) is 18.9. The van der Waals surface area contributed by atoms with Gasteiger partial charge in [0, 0.05) is 28.2 Å². The molecule has 7 heteroatoms. The smallest absolute Gasteiger partial charge is 0.262 e. The lowest BCUT2D eigenvalue weighted by Gasteiger charge is -2.37. The van der Waals surface area contributed by atoms with Crippen molar-refractivity contribution in [2.75, 3.05) is 10.2 Å². The van der Waals surface area contributed by atoms with E-state index in [2.05, 4.69) is 10.3 Å². The Morgan fingerprint density at radius 3 is 2.78 bits per heavy atom. The number of halogens is 2. The molecule has 0 saturated heterocycles. The van der Waals surface area contributed by atoms with E-state index in [1.54, 1.807) is 41.6 Å². The SMILES string of the molecule is O=C1c2ccccc2NC(SCc2c(F)cccc2Cl)N1c1cccnc1. The van der Waals surface area contributed by atoms with Crippen molar-refractivity contribution in [3.63, 3.8) is 0 Å². The monoisotopic (exact) mass is 399 g/mol. The summed E-state index contributed by atoms with van der Waals surface area (Å²) in [5, 5.41) is 3.73. The molecule has 0 aliphatic carbocycles. The van der Waals surface area contributed by atoms with Crippen LogP contribution < -0.4 is 10.2 Å². The quantitative estimate of drug-likeness (QED) is 0.657. The van der Waals surface area contributed by atoms with E-state index in [1.807, 2.05) is 24.3 Å². The summed E-state index contributed by atoms with van der Waals surface area (Å²) in [5.41, 5.74) is 2.00. The predicted molar refractivity (Wildman–Crippen MR) is 108 cm³/mol. The molecule has 136 valence electrons. The number of benzene rings is 2. The van der Waals surface area contributed by atoms with Gasteiger partial charge in [0.25, 0.3) is 5.91 Å². The maximum Gasteiger partial charge on any atom is 0.262 e. The molecule has 1 aliphatic heterocycles. The van der Waals surface area contributed by atoms with Gasteiger partial charge in [0.1, 0.15) is 5.82 Å². The number of nitrogens with one attached hydrogen (secondary N) is 1. The summed E-state index contributed by atoms with van der Waals surface area (Å²) < 4.78 is 14.1. The summed E-state index contributed by atoms with van der Waals surface area (Å²) in [6.45, 7) is 0. The minimum absolute atomic E-state index is 0.130. The van der Waals surface area contributed by atoms with Crippen LogP contribution in [0.1, 0.15) is 15.9 Å². The van der Waals surface area contributed by atoms with Crippen molar-refractivity contribution in [2.24, 2.45) is 0 Å². The van der Waals surface area contributed by atoms with E-state index in [0.29, 0.717) is 27.6 Å². The third-order valence-corrected chi connectivity index (χ3v) is 5.71. The highest BCUT2D eigenvalue weighted by atomic mass is 35.5. The van der Waals surface area contributed by atoms with Crippen LogP contribution in [-0.2, 0) is 5.75 Å². The van der Waals surface area contributed by atoms with E-state index in [1.165, 1.54) is 17.8 Å². The first kappa shape index (κ1) is 17.8. The van der Waals surface area contributed by atoms with Crippen molar-refractivity contribution < 1.29 is 9.18 Å². The van der Waals surface area contributed by atoms with Crippen LogP contribution in [0.4, 0.5) is 15.8 Å². The Hall–Kier alpha value is -2.57. The number of rotatable bonds is 4. The molecular weight excluding hydrogens is 385 g/mol. The molecule has 0 bridgehead atoms. The number of carbonyl (C=O) groups excluding carboxylic acids is 1. The molecule has 3 aromatic rings. The van der Waals surface area contributed by atoms with Crippen LogP contribution in [0.5, 0.6) is 0 Å². The van der Waals surface area contributed by atoms with Gasteiger partial charge in [-0.1, -0.05) is 29.8 Å².